The second kappa shape index (κ2) is 11.5. The number of hydrogen-bond acceptors (Lipinski definition) is 4. The zero-order valence-electron chi connectivity index (χ0n) is 6.64. The first kappa shape index (κ1) is 23.9. The van der Waals surface area contributed by atoms with Gasteiger partial charge in [0.25, 0.3) is 0 Å². The number of rotatable bonds is 2. The van der Waals surface area contributed by atoms with Gasteiger partial charge in [-0.15, -0.1) is 0 Å². The molecule has 0 heterocycles. The molecule has 0 spiro atoms. The van der Waals surface area contributed by atoms with Crippen LogP contribution in [-0.4, -0.2) is 66.2 Å². The molecule has 0 saturated carbocycles. The Hall–Kier alpha value is 0.379. The van der Waals surface area contributed by atoms with E-state index in [1.165, 1.54) is 13.8 Å². The van der Waals surface area contributed by atoms with Gasteiger partial charge in [0, 0.05) is 0 Å². The fourth-order valence-electron chi connectivity index (χ4n) is 0.351. The molecule has 0 amide bonds. The van der Waals surface area contributed by atoms with Gasteiger partial charge >= 0.3 is 30.2 Å². The maximum atomic E-state index is 10.0. The van der Waals surface area contributed by atoms with Crippen LogP contribution in [0.15, 0.2) is 0 Å². The molecule has 0 aromatic carbocycles. The summed E-state index contributed by atoms with van der Waals surface area (Å²) < 4.78 is 31.6. The minimum atomic E-state index is -4.67. The van der Waals surface area contributed by atoms with Gasteiger partial charge in [0.2, 0.25) is 0 Å². The van der Waals surface area contributed by atoms with E-state index in [-0.39, 0.29) is 55.1 Å². The van der Waals surface area contributed by atoms with Crippen LogP contribution in [0.4, 0.5) is 0 Å². The Morgan fingerprint density at radius 1 is 1.07 bits per heavy atom. The Morgan fingerprint density at radius 3 is 1.21 bits per heavy atom. The van der Waals surface area contributed by atoms with E-state index in [9.17, 15) is 9.59 Å². The molecule has 0 atom stereocenters. The van der Waals surface area contributed by atoms with Gasteiger partial charge in [-0.05, 0) is 13.8 Å². The summed E-state index contributed by atoms with van der Waals surface area (Å²) in [7, 11) is -4.67. The molecule has 14 heavy (non-hydrogen) atoms. The van der Waals surface area contributed by atoms with Crippen molar-refractivity contribution in [3.63, 3.8) is 0 Å². The van der Waals surface area contributed by atoms with Crippen LogP contribution in [0.25, 0.3) is 0 Å². The van der Waals surface area contributed by atoms with Crippen LogP contribution in [0.5, 0.6) is 0 Å². The topological polar surface area (TPSA) is 109 Å². The minimum absolute atomic E-state index is 0. The van der Waals surface area contributed by atoms with Crippen molar-refractivity contribution in [3.8, 4) is 0 Å². The van der Waals surface area contributed by atoms with Gasteiger partial charge in [-0.2, -0.15) is 8.42 Å². The summed E-state index contributed by atoms with van der Waals surface area (Å²) >= 11 is 0. The third-order valence-corrected chi connectivity index (χ3v) is 0.498. The average molecular weight is 301 g/mol. The summed E-state index contributed by atoms with van der Waals surface area (Å²) in [5, 5.41) is 0. The second-order valence-electron chi connectivity index (χ2n) is 2.03. The van der Waals surface area contributed by atoms with E-state index in [0.29, 0.717) is 0 Å². The molecule has 0 aliphatic heterocycles. The summed E-state index contributed by atoms with van der Waals surface area (Å²) in [5.41, 5.74) is 0. The van der Waals surface area contributed by atoms with Crippen molar-refractivity contribution in [3.05, 3.63) is 0 Å². The van der Waals surface area contributed by atoms with Crippen LogP contribution in [0, 0.1) is 0 Å². The first-order chi connectivity index (χ1) is 5.13. The summed E-state index contributed by atoms with van der Waals surface area (Å²) in [6.07, 6.45) is 0.0833. The standard InChI is InChI=1S/C5H8O2.Al.Ga.H2O4S.6H/c1-4(6)3-5(2)7;;;1-5(2,3)4;;;;;;/h3H2,1-2H3;;;(H2,1,2,3,4);;;;;;. The summed E-state index contributed by atoms with van der Waals surface area (Å²) in [6, 6.07) is 0. The Morgan fingerprint density at radius 2 is 1.21 bits per heavy atom. The molecule has 0 aromatic heterocycles. The van der Waals surface area contributed by atoms with Crippen LogP contribution in [0.3, 0.4) is 0 Å². The SMILES string of the molecule is CC(=O)CC(C)=O.O=S(=O)(O)O.[AlH3].[GaH3]. The van der Waals surface area contributed by atoms with Gasteiger partial charge < -0.3 is 0 Å². The molecule has 0 radical (unpaired) electrons. The van der Waals surface area contributed by atoms with Gasteiger partial charge in [-0.1, -0.05) is 0 Å². The molecule has 0 unspecified atom stereocenters. The van der Waals surface area contributed by atoms with Crippen LogP contribution in [0.2, 0.25) is 0 Å². The summed E-state index contributed by atoms with van der Waals surface area (Å²) in [6.45, 7) is 2.81. The van der Waals surface area contributed by atoms with Crippen molar-refractivity contribution < 1.29 is 27.1 Å². The molecule has 0 fully saturated rings. The van der Waals surface area contributed by atoms with Crippen molar-refractivity contribution in [1.29, 1.82) is 0 Å². The third kappa shape index (κ3) is 83.6. The summed E-state index contributed by atoms with van der Waals surface area (Å²) in [4.78, 5) is 20.1. The van der Waals surface area contributed by atoms with Crippen molar-refractivity contribution in [2.24, 2.45) is 0 Å². The predicted octanol–water partition coefficient (Wildman–Crippen LogP) is -2.47. The van der Waals surface area contributed by atoms with Crippen LogP contribution in [-0.2, 0) is 20.0 Å². The summed E-state index contributed by atoms with van der Waals surface area (Å²) in [5.74, 6) is -0.125. The molecule has 6 nitrogen and oxygen atoms in total. The van der Waals surface area contributed by atoms with Crippen LogP contribution < -0.4 is 0 Å². The van der Waals surface area contributed by atoms with Gasteiger partial charge in [-0.25, -0.2) is 0 Å². The monoisotopic (exact) mass is 300 g/mol. The van der Waals surface area contributed by atoms with Gasteiger partial charge in [0.05, 0.1) is 6.42 Å². The van der Waals surface area contributed by atoms with E-state index in [0.717, 1.165) is 0 Å². The van der Waals surface area contributed by atoms with E-state index in [1.807, 2.05) is 0 Å². The first-order valence-corrected chi connectivity index (χ1v) is 4.21. The van der Waals surface area contributed by atoms with Crippen LogP contribution in [0.1, 0.15) is 20.3 Å². The average Bonchev–Trinajstić information content (AvgIpc) is 1.52. The number of carbonyl (C=O) groups is 2. The molecule has 0 aromatic rings. The molecule has 2 N–H and O–H groups in total. The Bertz CT molecular complexity index is 241. The fraction of sp³-hybridized carbons (Fsp3) is 0.600. The Balaban J connectivity index is -0.0000000651. The van der Waals surface area contributed by atoms with Crippen molar-refractivity contribution >= 4 is 59.1 Å². The molecule has 0 aliphatic rings. The van der Waals surface area contributed by atoms with Gasteiger partial charge in [-0.3, -0.25) is 18.7 Å². The Kier molecular flexibility index (Phi) is 19.5. The number of hydrogen-bond donors (Lipinski definition) is 2. The normalized spacial score (nSPS) is 8.29. The number of carbonyl (C=O) groups excluding carboxylic acids is 2. The molecular weight excluding hydrogens is 285 g/mol. The predicted molar refractivity (Wildman–Crippen MR) is 60.0 cm³/mol. The number of ketones is 2. The van der Waals surface area contributed by atoms with E-state index in [2.05, 4.69) is 0 Å². The third-order valence-electron chi connectivity index (χ3n) is 0.498. The van der Waals surface area contributed by atoms with E-state index in [1.54, 1.807) is 0 Å². The molecule has 9 heteroatoms. The first-order valence-electron chi connectivity index (χ1n) is 2.81. The second-order valence-corrected chi connectivity index (χ2v) is 2.92. The van der Waals surface area contributed by atoms with Crippen molar-refractivity contribution in [2.75, 3.05) is 0 Å². The van der Waals surface area contributed by atoms with E-state index < -0.39 is 10.4 Å². The fourth-order valence-corrected chi connectivity index (χ4v) is 0.351. The van der Waals surface area contributed by atoms with Gasteiger partial charge in [0.15, 0.2) is 17.4 Å². The zero-order valence-corrected chi connectivity index (χ0v) is 7.46. The zero-order chi connectivity index (χ0) is 10.4. The molecule has 0 bridgehead atoms. The molecular formula is C5H16AlGaO6S. The molecule has 0 rings (SSSR count). The van der Waals surface area contributed by atoms with E-state index >= 15 is 0 Å². The molecule has 0 saturated heterocycles. The molecule has 0 aliphatic carbocycles. The van der Waals surface area contributed by atoms with E-state index in [4.69, 9.17) is 17.5 Å². The number of Topliss-reactive ketones (excluding diaryl/α,β-unsaturated/α-hetero) is 2. The Labute approximate surface area is 106 Å². The quantitative estimate of drug-likeness (QED) is 0.332. The van der Waals surface area contributed by atoms with Gasteiger partial charge in [0.1, 0.15) is 11.6 Å². The maximum absolute atomic E-state index is 10.0. The van der Waals surface area contributed by atoms with Crippen LogP contribution >= 0.6 is 0 Å². The van der Waals surface area contributed by atoms with Crippen molar-refractivity contribution in [1.82, 2.24) is 0 Å². The van der Waals surface area contributed by atoms with Crippen molar-refractivity contribution in [2.45, 2.75) is 20.3 Å². The molecule has 84 valence electrons.